The Morgan fingerprint density at radius 1 is 1.15 bits per heavy atom. The molecule has 0 bridgehead atoms. The lowest BCUT2D eigenvalue weighted by Gasteiger charge is -2.07. The van der Waals surface area contributed by atoms with Gasteiger partial charge < -0.3 is 4.74 Å². The zero-order valence-corrected chi connectivity index (χ0v) is 16.6. The lowest BCUT2D eigenvalue weighted by Crippen LogP contribution is -2.21. The van der Waals surface area contributed by atoms with Crippen molar-refractivity contribution in [2.75, 3.05) is 6.61 Å². The molecule has 0 unspecified atom stereocenters. The van der Waals surface area contributed by atoms with E-state index in [1.165, 1.54) is 28.9 Å². The van der Waals surface area contributed by atoms with Gasteiger partial charge in [-0.3, -0.25) is 4.79 Å². The summed E-state index contributed by atoms with van der Waals surface area (Å²) in [7, 11) is 0. The molecular formula is C19H16BrFN2O2S. The number of rotatable bonds is 5. The van der Waals surface area contributed by atoms with E-state index in [0.717, 1.165) is 25.7 Å². The molecular weight excluding hydrogens is 419 g/mol. The number of nitrogens with zero attached hydrogens (tertiary/aromatic N) is 2. The Bertz CT molecular complexity index is 924. The van der Waals surface area contributed by atoms with E-state index in [1.807, 2.05) is 38.1 Å². The molecule has 0 saturated heterocycles. The van der Waals surface area contributed by atoms with Crippen LogP contribution in [0.25, 0.3) is 0 Å². The van der Waals surface area contributed by atoms with Crippen LogP contribution in [0.2, 0.25) is 0 Å². The maximum atomic E-state index is 12.9. The van der Waals surface area contributed by atoms with Crippen LogP contribution in [0.1, 0.15) is 16.2 Å². The van der Waals surface area contributed by atoms with Crippen molar-refractivity contribution in [2.45, 2.75) is 23.6 Å². The Labute approximate surface area is 163 Å². The summed E-state index contributed by atoms with van der Waals surface area (Å²) in [6.07, 6.45) is 0. The number of benzene rings is 2. The van der Waals surface area contributed by atoms with Crippen molar-refractivity contribution in [3.63, 3.8) is 0 Å². The number of ether oxygens (including phenoxy) is 1. The van der Waals surface area contributed by atoms with Gasteiger partial charge in [-0.1, -0.05) is 27.7 Å². The van der Waals surface area contributed by atoms with E-state index in [0.29, 0.717) is 5.75 Å². The van der Waals surface area contributed by atoms with Crippen molar-refractivity contribution in [3.05, 3.63) is 70.2 Å². The number of halogens is 2. The summed E-state index contributed by atoms with van der Waals surface area (Å²) in [6, 6.07) is 13.5. The fourth-order valence-electron chi connectivity index (χ4n) is 2.38. The van der Waals surface area contributed by atoms with Crippen LogP contribution < -0.4 is 4.74 Å². The van der Waals surface area contributed by atoms with E-state index < -0.39 is 0 Å². The minimum atomic E-state index is -0.350. The van der Waals surface area contributed by atoms with Gasteiger partial charge in [-0.25, -0.2) is 9.07 Å². The van der Waals surface area contributed by atoms with Gasteiger partial charge in [-0.05, 0) is 62.4 Å². The molecule has 0 N–H and O–H groups in total. The highest BCUT2D eigenvalue weighted by Crippen LogP contribution is 2.33. The quantitative estimate of drug-likeness (QED) is 0.548. The van der Waals surface area contributed by atoms with E-state index >= 15 is 0 Å². The molecule has 2 aromatic carbocycles. The average molecular weight is 435 g/mol. The molecule has 0 spiro atoms. The van der Waals surface area contributed by atoms with Gasteiger partial charge in [0.1, 0.15) is 11.6 Å². The summed E-state index contributed by atoms with van der Waals surface area (Å²) in [5.41, 5.74) is 1.55. The number of hydrogen-bond acceptors (Lipinski definition) is 4. The molecule has 7 heteroatoms. The first-order valence-corrected chi connectivity index (χ1v) is 9.46. The van der Waals surface area contributed by atoms with Crippen molar-refractivity contribution >= 4 is 33.6 Å². The summed E-state index contributed by atoms with van der Waals surface area (Å²) in [5.74, 6) is -0.194. The van der Waals surface area contributed by atoms with Gasteiger partial charge in [0, 0.05) is 9.37 Å². The van der Waals surface area contributed by atoms with Crippen LogP contribution >= 0.6 is 27.7 Å². The Balaban J connectivity index is 1.72. The van der Waals surface area contributed by atoms with Crippen molar-refractivity contribution in [1.29, 1.82) is 0 Å². The first kappa shape index (κ1) is 18.7. The molecule has 0 aliphatic carbocycles. The molecule has 0 aliphatic rings. The fourth-order valence-corrected chi connectivity index (χ4v) is 3.57. The summed E-state index contributed by atoms with van der Waals surface area (Å²) in [6.45, 7) is 3.56. The molecule has 0 aliphatic heterocycles. The Hall–Kier alpha value is -2.12. The highest BCUT2D eigenvalue weighted by molar-refractivity contribution is 9.10. The van der Waals surface area contributed by atoms with Gasteiger partial charge in [0.15, 0.2) is 6.61 Å². The predicted octanol–water partition coefficient (Wildman–Crippen LogP) is 5.27. The molecule has 134 valence electrons. The lowest BCUT2D eigenvalue weighted by molar-refractivity contribution is 0.0818. The molecule has 4 nitrogen and oxygen atoms in total. The average Bonchev–Trinajstić information content (AvgIpc) is 2.91. The first-order chi connectivity index (χ1) is 12.4. The van der Waals surface area contributed by atoms with Crippen molar-refractivity contribution in [1.82, 2.24) is 9.78 Å². The van der Waals surface area contributed by atoms with Crippen LogP contribution in [0, 0.1) is 19.7 Å². The van der Waals surface area contributed by atoms with Crippen molar-refractivity contribution in [2.24, 2.45) is 0 Å². The highest BCUT2D eigenvalue weighted by Gasteiger charge is 2.18. The lowest BCUT2D eigenvalue weighted by atomic mass is 10.3. The Morgan fingerprint density at radius 3 is 2.46 bits per heavy atom. The number of aryl methyl sites for hydroxylation is 1. The summed E-state index contributed by atoms with van der Waals surface area (Å²) >= 11 is 4.98. The number of aromatic nitrogens is 2. The topological polar surface area (TPSA) is 44.1 Å². The summed E-state index contributed by atoms with van der Waals surface area (Å²) < 4.78 is 20.7. The van der Waals surface area contributed by atoms with E-state index in [-0.39, 0.29) is 18.3 Å². The zero-order valence-electron chi connectivity index (χ0n) is 14.2. The second-order valence-corrected chi connectivity index (χ2v) is 7.60. The second-order valence-electron chi connectivity index (χ2n) is 5.60. The molecule has 0 radical (unpaired) electrons. The second kappa shape index (κ2) is 8.05. The molecule has 0 fully saturated rings. The number of carbonyl (C=O) groups excluding carboxylic acids is 1. The monoisotopic (exact) mass is 434 g/mol. The Morgan fingerprint density at radius 2 is 1.81 bits per heavy atom. The SMILES string of the molecule is Cc1nn(C(=O)COc2ccc(F)cc2)c(C)c1Sc1ccc(Br)cc1. The summed E-state index contributed by atoms with van der Waals surface area (Å²) in [5, 5.41) is 4.35. The summed E-state index contributed by atoms with van der Waals surface area (Å²) in [4.78, 5) is 14.5. The van der Waals surface area contributed by atoms with Gasteiger partial charge >= 0.3 is 0 Å². The third-order valence-electron chi connectivity index (χ3n) is 3.67. The van der Waals surface area contributed by atoms with Crippen LogP contribution in [0.5, 0.6) is 5.75 Å². The third kappa shape index (κ3) is 4.34. The van der Waals surface area contributed by atoms with Gasteiger partial charge in [0.25, 0.3) is 5.91 Å². The van der Waals surface area contributed by atoms with Gasteiger partial charge in [-0.15, -0.1) is 0 Å². The van der Waals surface area contributed by atoms with E-state index in [2.05, 4.69) is 21.0 Å². The van der Waals surface area contributed by atoms with Gasteiger partial charge in [0.2, 0.25) is 0 Å². The molecule has 0 saturated carbocycles. The van der Waals surface area contributed by atoms with Crippen LogP contribution in [0.3, 0.4) is 0 Å². The van der Waals surface area contributed by atoms with Crippen LogP contribution in [-0.2, 0) is 0 Å². The van der Waals surface area contributed by atoms with E-state index in [9.17, 15) is 9.18 Å². The maximum Gasteiger partial charge on any atom is 0.285 e. The van der Waals surface area contributed by atoms with Crippen LogP contribution in [0.4, 0.5) is 4.39 Å². The minimum absolute atomic E-state index is 0.171. The first-order valence-electron chi connectivity index (χ1n) is 7.85. The molecule has 26 heavy (non-hydrogen) atoms. The Kier molecular flexibility index (Phi) is 5.78. The number of hydrogen-bond donors (Lipinski definition) is 0. The molecule has 1 aromatic heterocycles. The normalized spacial score (nSPS) is 10.8. The standard InChI is InChI=1S/C19H16BrFN2O2S/c1-12-19(26-17-9-3-14(20)4-10-17)13(2)23(22-12)18(24)11-25-16-7-5-15(21)6-8-16/h3-10H,11H2,1-2H3. The van der Waals surface area contributed by atoms with Gasteiger partial charge in [0.05, 0.1) is 16.3 Å². The number of carbonyl (C=O) groups is 1. The molecule has 0 amide bonds. The highest BCUT2D eigenvalue weighted by atomic mass is 79.9. The maximum absolute atomic E-state index is 12.9. The van der Waals surface area contributed by atoms with E-state index in [4.69, 9.17) is 4.74 Å². The van der Waals surface area contributed by atoms with E-state index in [1.54, 1.807) is 11.8 Å². The fraction of sp³-hybridized carbons (Fsp3) is 0.158. The third-order valence-corrected chi connectivity index (χ3v) is 5.50. The van der Waals surface area contributed by atoms with Gasteiger partial charge in [-0.2, -0.15) is 5.10 Å². The molecule has 0 atom stereocenters. The smallest absolute Gasteiger partial charge is 0.285 e. The molecule has 1 heterocycles. The molecule has 3 rings (SSSR count). The minimum Gasteiger partial charge on any atom is -0.484 e. The molecule has 3 aromatic rings. The van der Waals surface area contributed by atoms with Crippen molar-refractivity contribution < 1.29 is 13.9 Å². The van der Waals surface area contributed by atoms with Crippen molar-refractivity contribution in [3.8, 4) is 5.75 Å². The predicted molar refractivity (Wildman–Crippen MR) is 102 cm³/mol. The van der Waals surface area contributed by atoms with Crippen LogP contribution in [-0.4, -0.2) is 22.3 Å². The zero-order chi connectivity index (χ0) is 18.7. The largest absolute Gasteiger partial charge is 0.484 e. The van der Waals surface area contributed by atoms with Crippen LogP contribution in [0.15, 0.2) is 62.8 Å².